The molecule has 35 heavy (non-hydrogen) atoms. The molecule has 2 N–H and O–H groups in total. The number of hydrogen-bond acceptors (Lipinski definition) is 7. The molecule has 0 spiro atoms. The molecule has 2 aromatic rings. The molecule has 1 amide bonds. The number of nitrogens with one attached hydrogen (secondary N) is 2. The average molecular weight is 480 g/mol. The number of hydrogen-bond donors (Lipinski definition) is 2. The minimum atomic E-state index is -1.01. The van der Waals surface area contributed by atoms with E-state index in [1.165, 1.54) is 6.20 Å². The first-order chi connectivity index (χ1) is 17.1. The lowest BCUT2D eigenvalue weighted by molar-refractivity contribution is 0.0686. The molecule has 5 heterocycles. The lowest BCUT2D eigenvalue weighted by atomic mass is 9.90. The van der Waals surface area contributed by atoms with Crippen molar-refractivity contribution in [2.45, 2.75) is 37.2 Å². The van der Waals surface area contributed by atoms with Crippen molar-refractivity contribution in [2.75, 3.05) is 32.7 Å². The molecular weight excluding hydrogens is 453 g/mol. The fourth-order valence-electron chi connectivity index (χ4n) is 4.84. The Morgan fingerprint density at radius 3 is 2.89 bits per heavy atom. The van der Waals surface area contributed by atoms with Gasteiger partial charge in [-0.2, -0.15) is 9.61 Å². The van der Waals surface area contributed by atoms with Gasteiger partial charge < -0.3 is 24.7 Å². The Balaban J connectivity index is 1.40. The Kier molecular flexibility index (Phi) is 5.37. The summed E-state index contributed by atoms with van der Waals surface area (Å²) < 4.78 is 28.6. The van der Waals surface area contributed by atoms with Gasteiger partial charge in [0.05, 0.1) is 37.2 Å². The summed E-state index contributed by atoms with van der Waals surface area (Å²) in [6.45, 7) is 1.09. The number of halogens is 1. The zero-order valence-electron chi connectivity index (χ0n) is 19.4. The highest BCUT2D eigenvalue weighted by Crippen LogP contribution is 2.37. The molecule has 3 aliphatic heterocycles. The van der Waals surface area contributed by atoms with Crippen molar-refractivity contribution >= 4 is 17.4 Å². The number of alkyl halides is 1. The standard InChI is InChI=1S/C24H26FN7O3/c1-26-21-8-18(29-23-15(10-28-32(21)23)24(33)30-17-6-5-16(17)25)14-9-27-22-13(14)4-3-7-31(22)19-11-35-12-20(19)34-2/h3-4,7-10,16-17,19-20,26H,5-6,11-12H2,1-2H3,(H,30,33)/t16-,17?,19-,20-/m0/s1. The number of ether oxygens (including phenoxy) is 2. The van der Waals surface area contributed by atoms with E-state index in [2.05, 4.69) is 20.3 Å². The maximum absolute atomic E-state index is 13.7. The summed E-state index contributed by atoms with van der Waals surface area (Å²) in [7, 11) is 3.47. The predicted molar refractivity (Wildman–Crippen MR) is 126 cm³/mol. The number of methoxy groups -OCH3 is 1. The molecular formula is C24H26FN7O3. The Bertz CT molecular complexity index is 1370. The van der Waals surface area contributed by atoms with Crippen LogP contribution >= 0.6 is 0 Å². The minimum Gasteiger partial charge on any atom is -0.377 e. The lowest BCUT2D eigenvalue weighted by Crippen LogP contribution is -2.48. The molecule has 0 aromatic carbocycles. The molecule has 1 saturated carbocycles. The van der Waals surface area contributed by atoms with E-state index in [9.17, 15) is 9.18 Å². The Morgan fingerprint density at radius 2 is 2.14 bits per heavy atom. The molecule has 6 rings (SSSR count). The van der Waals surface area contributed by atoms with Crippen molar-refractivity contribution in [2.24, 2.45) is 0 Å². The third-order valence-corrected chi connectivity index (χ3v) is 7.02. The SMILES string of the molecule is CNc1cc(-c2cnc3n([C@H]4COC[C@@H]4OC)cccc2-3)nc2c(C(=O)NC3CC[C@@H]3F)cnn12. The summed E-state index contributed by atoms with van der Waals surface area (Å²) in [6.07, 6.45) is 5.29. The van der Waals surface area contributed by atoms with Gasteiger partial charge in [-0.25, -0.2) is 14.4 Å². The molecule has 2 fully saturated rings. The normalized spacial score (nSPS) is 24.1. The summed E-state index contributed by atoms with van der Waals surface area (Å²) in [5.74, 6) is 1.09. The first-order valence-corrected chi connectivity index (χ1v) is 11.7. The molecule has 1 saturated heterocycles. The van der Waals surface area contributed by atoms with Crippen LogP contribution in [0.15, 0.2) is 36.8 Å². The number of carbonyl (C=O) groups excluding carboxylic acids is 1. The second-order valence-corrected chi connectivity index (χ2v) is 8.95. The van der Waals surface area contributed by atoms with Gasteiger partial charge in [0.1, 0.15) is 29.5 Å². The van der Waals surface area contributed by atoms with Crippen LogP contribution in [0.25, 0.3) is 28.3 Å². The molecule has 1 aliphatic carbocycles. The van der Waals surface area contributed by atoms with Crippen LogP contribution in [-0.4, -0.2) is 75.7 Å². The van der Waals surface area contributed by atoms with E-state index >= 15 is 0 Å². The molecule has 4 aliphatic rings. The summed E-state index contributed by atoms with van der Waals surface area (Å²) in [6, 6.07) is 5.40. The van der Waals surface area contributed by atoms with E-state index in [1.807, 2.05) is 24.4 Å². The van der Waals surface area contributed by atoms with Gasteiger partial charge in [-0.15, -0.1) is 0 Å². The van der Waals surface area contributed by atoms with Crippen LogP contribution < -0.4 is 10.6 Å². The van der Waals surface area contributed by atoms with Crippen LogP contribution in [0.5, 0.6) is 0 Å². The van der Waals surface area contributed by atoms with E-state index in [0.29, 0.717) is 48.8 Å². The molecule has 2 aromatic heterocycles. The van der Waals surface area contributed by atoms with Gasteiger partial charge in [-0.05, 0) is 25.0 Å². The Morgan fingerprint density at radius 1 is 1.26 bits per heavy atom. The van der Waals surface area contributed by atoms with E-state index in [-0.39, 0.29) is 18.1 Å². The fraction of sp³-hybridized carbons (Fsp3) is 0.417. The number of nitrogens with zero attached hydrogens (tertiary/aromatic N) is 5. The average Bonchev–Trinajstić information content (AvgIpc) is 3.63. The highest BCUT2D eigenvalue weighted by molar-refractivity contribution is 6.00. The molecule has 4 atom stereocenters. The van der Waals surface area contributed by atoms with E-state index in [0.717, 1.165) is 17.0 Å². The first-order valence-electron chi connectivity index (χ1n) is 11.7. The highest BCUT2D eigenvalue weighted by atomic mass is 19.1. The number of rotatable bonds is 6. The van der Waals surface area contributed by atoms with Crippen LogP contribution in [0.4, 0.5) is 10.2 Å². The smallest absolute Gasteiger partial charge is 0.257 e. The van der Waals surface area contributed by atoms with Crippen LogP contribution in [0.3, 0.4) is 0 Å². The number of fused-ring (bicyclic) bond motifs is 2. The zero-order valence-corrected chi connectivity index (χ0v) is 19.4. The topological polar surface area (TPSA) is 108 Å². The molecule has 0 radical (unpaired) electrons. The zero-order chi connectivity index (χ0) is 24.1. The number of pyridine rings is 1. The summed E-state index contributed by atoms with van der Waals surface area (Å²) in [5, 5.41) is 10.2. The van der Waals surface area contributed by atoms with Crippen LogP contribution in [0.1, 0.15) is 29.2 Å². The van der Waals surface area contributed by atoms with Crippen molar-refractivity contribution < 1.29 is 18.7 Å². The van der Waals surface area contributed by atoms with Crippen LogP contribution in [-0.2, 0) is 9.47 Å². The third-order valence-electron chi connectivity index (χ3n) is 7.02. The van der Waals surface area contributed by atoms with Gasteiger partial charge in [0, 0.05) is 43.7 Å². The van der Waals surface area contributed by atoms with Gasteiger partial charge in [-0.3, -0.25) is 4.79 Å². The number of anilines is 1. The van der Waals surface area contributed by atoms with Crippen molar-refractivity contribution in [3.05, 3.63) is 42.4 Å². The monoisotopic (exact) mass is 479 g/mol. The van der Waals surface area contributed by atoms with Crippen LogP contribution in [0, 0.1) is 0 Å². The second-order valence-electron chi connectivity index (χ2n) is 8.95. The quantitative estimate of drug-likeness (QED) is 0.438. The third kappa shape index (κ3) is 3.53. The molecule has 1 unspecified atom stereocenters. The van der Waals surface area contributed by atoms with Crippen molar-refractivity contribution in [3.63, 3.8) is 0 Å². The van der Waals surface area contributed by atoms with E-state index < -0.39 is 12.2 Å². The summed E-state index contributed by atoms with van der Waals surface area (Å²) in [5.41, 5.74) is 3.09. The Labute approximate surface area is 200 Å². The van der Waals surface area contributed by atoms with Crippen molar-refractivity contribution in [3.8, 4) is 22.6 Å². The Hall–Kier alpha value is -3.57. The maximum atomic E-state index is 13.7. The van der Waals surface area contributed by atoms with Gasteiger partial charge >= 0.3 is 0 Å². The van der Waals surface area contributed by atoms with Gasteiger partial charge in [0.15, 0.2) is 5.65 Å². The largest absolute Gasteiger partial charge is 0.377 e. The molecule has 0 bridgehead atoms. The fourth-order valence-corrected chi connectivity index (χ4v) is 4.84. The van der Waals surface area contributed by atoms with Gasteiger partial charge in [-0.1, -0.05) is 0 Å². The van der Waals surface area contributed by atoms with E-state index in [4.69, 9.17) is 19.4 Å². The summed E-state index contributed by atoms with van der Waals surface area (Å²) >= 11 is 0. The van der Waals surface area contributed by atoms with Crippen LogP contribution in [0.2, 0.25) is 0 Å². The molecule has 10 nitrogen and oxygen atoms in total. The first kappa shape index (κ1) is 21.9. The maximum Gasteiger partial charge on any atom is 0.257 e. The number of amides is 1. The lowest BCUT2D eigenvalue weighted by Gasteiger charge is -2.30. The number of carbonyl (C=O) groups is 1. The molecule has 182 valence electrons. The van der Waals surface area contributed by atoms with Gasteiger partial charge in [0.2, 0.25) is 0 Å². The van der Waals surface area contributed by atoms with Gasteiger partial charge in [0.25, 0.3) is 5.91 Å². The molecule has 11 heteroatoms. The van der Waals surface area contributed by atoms with E-state index in [1.54, 1.807) is 24.9 Å². The van der Waals surface area contributed by atoms with Crippen molar-refractivity contribution in [1.82, 2.24) is 29.5 Å². The summed E-state index contributed by atoms with van der Waals surface area (Å²) in [4.78, 5) is 22.4. The second kappa shape index (κ2) is 8.58. The minimum absolute atomic E-state index is 0.0192. The number of aromatic nitrogens is 5. The highest BCUT2D eigenvalue weighted by Gasteiger charge is 2.34. The van der Waals surface area contributed by atoms with Crippen molar-refractivity contribution in [1.29, 1.82) is 0 Å². The predicted octanol–water partition coefficient (Wildman–Crippen LogP) is 2.56.